The van der Waals surface area contributed by atoms with Crippen LogP contribution in [0.15, 0.2) is 24.8 Å². The average molecular weight is 179 g/mol. The summed E-state index contributed by atoms with van der Waals surface area (Å²) in [6.45, 7) is 3.70. The summed E-state index contributed by atoms with van der Waals surface area (Å²) in [7, 11) is 0. The molecule has 1 aromatic carbocycles. The second-order valence-electron chi connectivity index (χ2n) is 3.26. The highest BCUT2D eigenvalue weighted by molar-refractivity contribution is 6.31. The van der Waals surface area contributed by atoms with Crippen LogP contribution in [0.2, 0.25) is 5.02 Å². The van der Waals surface area contributed by atoms with E-state index in [2.05, 4.69) is 18.7 Å². The Bertz CT molecular complexity index is 311. The summed E-state index contributed by atoms with van der Waals surface area (Å²) in [5.41, 5.74) is 2.41. The molecule has 0 nitrogen and oxygen atoms in total. The first-order valence-corrected chi connectivity index (χ1v) is 4.61. The summed E-state index contributed by atoms with van der Waals surface area (Å²) in [4.78, 5) is 0. The lowest BCUT2D eigenvalue weighted by Crippen LogP contribution is -1.81. The lowest BCUT2D eigenvalue weighted by molar-refractivity contribution is 1.13. The SMILES string of the molecule is C=Cc1ccc(C2CC2)c(Cl)c1. The third kappa shape index (κ3) is 1.39. The first-order valence-electron chi connectivity index (χ1n) is 4.23. The number of benzene rings is 1. The van der Waals surface area contributed by atoms with Gasteiger partial charge in [-0.1, -0.05) is 36.4 Å². The quantitative estimate of drug-likeness (QED) is 0.645. The minimum Gasteiger partial charge on any atom is -0.0985 e. The van der Waals surface area contributed by atoms with Crippen LogP contribution in [0.3, 0.4) is 0 Å². The molecule has 1 heteroatoms. The standard InChI is InChI=1S/C11H11Cl/c1-2-8-3-6-10(9-4-5-9)11(12)7-8/h2-3,6-7,9H,1,4-5H2. The van der Waals surface area contributed by atoms with E-state index in [1.165, 1.54) is 18.4 Å². The zero-order valence-electron chi connectivity index (χ0n) is 6.89. The van der Waals surface area contributed by atoms with Crippen LogP contribution in [0.4, 0.5) is 0 Å². The zero-order chi connectivity index (χ0) is 8.55. The summed E-state index contributed by atoms with van der Waals surface area (Å²) in [6.07, 6.45) is 4.42. The largest absolute Gasteiger partial charge is 0.0985 e. The van der Waals surface area contributed by atoms with Crippen LogP contribution < -0.4 is 0 Å². The Balaban J connectivity index is 2.38. The maximum Gasteiger partial charge on any atom is 0.0446 e. The molecule has 1 saturated carbocycles. The van der Waals surface area contributed by atoms with E-state index in [1.54, 1.807) is 0 Å². The van der Waals surface area contributed by atoms with Gasteiger partial charge >= 0.3 is 0 Å². The minimum atomic E-state index is 0.733. The summed E-state index contributed by atoms with van der Waals surface area (Å²) in [6, 6.07) is 6.19. The predicted octanol–water partition coefficient (Wildman–Crippen LogP) is 3.86. The molecule has 0 saturated heterocycles. The van der Waals surface area contributed by atoms with Gasteiger partial charge in [-0.2, -0.15) is 0 Å². The fourth-order valence-electron chi connectivity index (χ4n) is 1.40. The highest BCUT2D eigenvalue weighted by atomic mass is 35.5. The van der Waals surface area contributed by atoms with E-state index in [1.807, 2.05) is 12.1 Å². The van der Waals surface area contributed by atoms with E-state index < -0.39 is 0 Å². The summed E-state index contributed by atoms with van der Waals surface area (Å²) < 4.78 is 0. The molecule has 1 fully saturated rings. The second kappa shape index (κ2) is 2.95. The number of rotatable bonds is 2. The molecule has 0 bridgehead atoms. The van der Waals surface area contributed by atoms with Crippen molar-refractivity contribution < 1.29 is 0 Å². The average Bonchev–Trinajstić information content (AvgIpc) is 2.87. The molecule has 0 aliphatic heterocycles. The van der Waals surface area contributed by atoms with Crippen LogP contribution in [0.25, 0.3) is 6.08 Å². The van der Waals surface area contributed by atoms with E-state index in [9.17, 15) is 0 Å². The highest BCUT2D eigenvalue weighted by Crippen LogP contribution is 2.43. The summed E-state index contributed by atoms with van der Waals surface area (Å²) in [5.74, 6) is 0.733. The van der Waals surface area contributed by atoms with Crippen LogP contribution in [0.5, 0.6) is 0 Å². The van der Waals surface area contributed by atoms with Crippen molar-refractivity contribution in [3.63, 3.8) is 0 Å². The first-order chi connectivity index (χ1) is 5.81. The predicted molar refractivity (Wildman–Crippen MR) is 53.5 cm³/mol. The van der Waals surface area contributed by atoms with Crippen molar-refractivity contribution in [1.82, 2.24) is 0 Å². The molecule has 0 heterocycles. The van der Waals surface area contributed by atoms with Gasteiger partial charge in [0.15, 0.2) is 0 Å². The van der Waals surface area contributed by atoms with Gasteiger partial charge in [-0.05, 0) is 36.0 Å². The van der Waals surface area contributed by atoms with Crippen LogP contribution in [-0.2, 0) is 0 Å². The van der Waals surface area contributed by atoms with Crippen molar-refractivity contribution in [2.24, 2.45) is 0 Å². The van der Waals surface area contributed by atoms with Crippen molar-refractivity contribution in [1.29, 1.82) is 0 Å². The molecule has 1 aliphatic rings. The van der Waals surface area contributed by atoms with Gasteiger partial charge in [0, 0.05) is 5.02 Å². The van der Waals surface area contributed by atoms with E-state index in [-0.39, 0.29) is 0 Å². The molecule has 1 aromatic rings. The van der Waals surface area contributed by atoms with Gasteiger partial charge in [-0.25, -0.2) is 0 Å². The van der Waals surface area contributed by atoms with Gasteiger partial charge in [0.1, 0.15) is 0 Å². The highest BCUT2D eigenvalue weighted by Gasteiger charge is 2.25. The van der Waals surface area contributed by atoms with E-state index >= 15 is 0 Å². The monoisotopic (exact) mass is 178 g/mol. The van der Waals surface area contributed by atoms with Crippen molar-refractivity contribution in [2.45, 2.75) is 18.8 Å². The molecule has 0 radical (unpaired) electrons. The Kier molecular flexibility index (Phi) is 1.93. The van der Waals surface area contributed by atoms with Crippen molar-refractivity contribution in [2.75, 3.05) is 0 Å². The van der Waals surface area contributed by atoms with Crippen LogP contribution in [0, 0.1) is 0 Å². The maximum atomic E-state index is 6.10. The molecule has 62 valence electrons. The zero-order valence-corrected chi connectivity index (χ0v) is 7.64. The molecule has 0 amide bonds. The molecule has 0 atom stereocenters. The molecule has 2 rings (SSSR count). The Hall–Kier alpha value is -0.750. The molecule has 0 spiro atoms. The first kappa shape index (κ1) is 7.88. The van der Waals surface area contributed by atoms with Crippen LogP contribution in [-0.4, -0.2) is 0 Å². The van der Waals surface area contributed by atoms with Gasteiger partial charge in [0.05, 0.1) is 0 Å². The fourth-order valence-corrected chi connectivity index (χ4v) is 1.74. The molecule has 1 aliphatic carbocycles. The number of hydrogen-bond acceptors (Lipinski definition) is 0. The molecule has 12 heavy (non-hydrogen) atoms. The molecule has 0 aromatic heterocycles. The molecule has 0 N–H and O–H groups in total. The third-order valence-electron chi connectivity index (χ3n) is 2.28. The van der Waals surface area contributed by atoms with E-state index in [0.717, 1.165) is 16.5 Å². The summed E-state index contributed by atoms with van der Waals surface area (Å²) >= 11 is 6.10. The number of hydrogen-bond donors (Lipinski definition) is 0. The smallest absolute Gasteiger partial charge is 0.0446 e. The fraction of sp³-hybridized carbons (Fsp3) is 0.273. The Morgan fingerprint density at radius 1 is 1.42 bits per heavy atom. The van der Waals surface area contributed by atoms with Crippen LogP contribution in [0.1, 0.15) is 29.9 Å². The van der Waals surface area contributed by atoms with Crippen molar-refractivity contribution in [3.8, 4) is 0 Å². The maximum absolute atomic E-state index is 6.10. The molecular weight excluding hydrogens is 168 g/mol. The second-order valence-corrected chi connectivity index (χ2v) is 3.67. The topological polar surface area (TPSA) is 0 Å². The third-order valence-corrected chi connectivity index (χ3v) is 2.60. The lowest BCUT2D eigenvalue weighted by Gasteiger charge is -2.02. The Labute approximate surface area is 77.9 Å². The molecule has 0 unspecified atom stereocenters. The Morgan fingerprint density at radius 3 is 2.67 bits per heavy atom. The normalized spacial score (nSPS) is 16.1. The van der Waals surface area contributed by atoms with Gasteiger partial charge in [-0.3, -0.25) is 0 Å². The van der Waals surface area contributed by atoms with Gasteiger partial charge in [0.2, 0.25) is 0 Å². The van der Waals surface area contributed by atoms with E-state index in [0.29, 0.717) is 0 Å². The van der Waals surface area contributed by atoms with E-state index in [4.69, 9.17) is 11.6 Å². The Morgan fingerprint density at radius 2 is 2.17 bits per heavy atom. The van der Waals surface area contributed by atoms with Gasteiger partial charge < -0.3 is 0 Å². The minimum absolute atomic E-state index is 0.733. The van der Waals surface area contributed by atoms with Crippen molar-refractivity contribution in [3.05, 3.63) is 40.9 Å². The number of halogens is 1. The molecular formula is C11H11Cl. The van der Waals surface area contributed by atoms with Gasteiger partial charge in [-0.15, -0.1) is 0 Å². The van der Waals surface area contributed by atoms with Crippen molar-refractivity contribution >= 4 is 17.7 Å². The lowest BCUT2D eigenvalue weighted by atomic mass is 10.1. The van der Waals surface area contributed by atoms with Gasteiger partial charge in [0.25, 0.3) is 0 Å². The summed E-state index contributed by atoms with van der Waals surface area (Å²) in [5, 5.41) is 0.898. The van der Waals surface area contributed by atoms with Crippen LogP contribution >= 0.6 is 11.6 Å².